The summed E-state index contributed by atoms with van der Waals surface area (Å²) >= 11 is 0. The predicted octanol–water partition coefficient (Wildman–Crippen LogP) is 2.21. The number of halogens is 1. The quantitative estimate of drug-likeness (QED) is 0.876. The normalized spacial score (nSPS) is 10.5. The Morgan fingerprint density at radius 3 is 2.88 bits per heavy atom. The number of hydrogen-bond acceptors (Lipinski definition) is 3. The van der Waals surface area contributed by atoms with Gasteiger partial charge in [0.05, 0.1) is 5.69 Å². The monoisotopic (exact) mass is 231 g/mol. The maximum absolute atomic E-state index is 13.0. The summed E-state index contributed by atoms with van der Waals surface area (Å²) in [7, 11) is 0. The van der Waals surface area contributed by atoms with Crippen LogP contribution in [0.5, 0.6) is 0 Å². The van der Waals surface area contributed by atoms with Crippen LogP contribution in [0.1, 0.15) is 16.8 Å². The van der Waals surface area contributed by atoms with Gasteiger partial charge >= 0.3 is 0 Å². The van der Waals surface area contributed by atoms with E-state index in [1.807, 2.05) is 19.1 Å². The third-order valence-corrected chi connectivity index (χ3v) is 2.56. The van der Waals surface area contributed by atoms with Crippen molar-refractivity contribution < 1.29 is 4.39 Å². The SMILES string of the molecule is Cc1ccc(F)cc1CNCc1cccnn1. The van der Waals surface area contributed by atoms with E-state index in [9.17, 15) is 4.39 Å². The van der Waals surface area contributed by atoms with Crippen LogP contribution < -0.4 is 5.32 Å². The van der Waals surface area contributed by atoms with Crippen LogP contribution in [0.25, 0.3) is 0 Å². The second kappa shape index (κ2) is 5.50. The average molecular weight is 231 g/mol. The van der Waals surface area contributed by atoms with E-state index in [0.29, 0.717) is 13.1 Å². The van der Waals surface area contributed by atoms with Gasteiger partial charge in [-0.2, -0.15) is 10.2 Å². The van der Waals surface area contributed by atoms with E-state index in [-0.39, 0.29) is 5.82 Å². The molecule has 1 aromatic carbocycles. The third kappa shape index (κ3) is 3.32. The maximum Gasteiger partial charge on any atom is 0.123 e. The van der Waals surface area contributed by atoms with E-state index < -0.39 is 0 Å². The molecule has 0 bridgehead atoms. The average Bonchev–Trinajstić information content (AvgIpc) is 2.35. The molecule has 0 aliphatic carbocycles. The molecule has 0 atom stereocenters. The Hall–Kier alpha value is -1.81. The van der Waals surface area contributed by atoms with Gasteiger partial charge < -0.3 is 5.32 Å². The molecule has 4 heteroatoms. The number of nitrogens with zero attached hydrogens (tertiary/aromatic N) is 2. The summed E-state index contributed by atoms with van der Waals surface area (Å²) in [4.78, 5) is 0. The van der Waals surface area contributed by atoms with E-state index in [2.05, 4.69) is 15.5 Å². The molecule has 0 radical (unpaired) electrons. The highest BCUT2D eigenvalue weighted by Crippen LogP contribution is 2.09. The zero-order valence-corrected chi connectivity index (χ0v) is 9.65. The molecule has 0 unspecified atom stereocenters. The van der Waals surface area contributed by atoms with Crippen molar-refractivity contribution in [3.63, 3.8) is 0 Å². The van der Waals surface area contributed by atoms with Crippen LogP contribution >= 0.6 is 0 Å². The molecule has 0 saturated carbocycles. The first-order valence-electron chi connectivity index (χ1n) is 5.48. The lowest BCUT2D eigenvalue weighted by Gasteiger charge is -2.07. The van der Waals surface area contributed by atoms with Gasteiger partial charge in [-0.05, 0) is 42.3 Å². The van der Waals surface area contributed by atoms with Crippen LogP contribution in [0.4, 0.5) is 4.39 Å². The molecule has 1 heterocycles. The van der Waals surface area contributed by atoms with E-state index in [4.69, 9.17) is 0 Å². The van der Waals surface area contributed by atoms with Gasteiger partial charge in [0.2, 0.25) is 0 Å². The van der Waals surface area contributed by atoms with Crippen LogP contribution in [-0.2, 0) is 13.1 Å². The zero-order valence-electron chi connectivity index (χ0n) is 9.65. The minimum atomic E-state index is -0.202. The van der Waals surface area contributed by atoms with Crippen molar-refractivity contribution >= 4 is 0 Å². The fourth-order valence-electron chi connectivity index (χ4n) is 1.58. The standard InChI is InChI=1S/C13H14FN3/c1-10-4-5-12(14)7-11(10)8-15-9-13-3-2-6-16-17-13/h2-7,15H,8-9H2,1H3. The number of rotatable bonds is 4. The Morgan fingerprint density at radius 1 is 1.24 bits per heavy atom. The molecule has 3 nitrogen and oxygen atoms in total. The van der Waals surface area contributed by atoms with E-state index in [1.165, 1.54) is 6.07 Å². The van der Waals surface area contributed by atoms with Crippen LogP contribution in [0.15, 0.2) is 36.5 Å². The molecule has 1 aromatic heterocycles. The first kappa shape index (κ1) is 11.7. The van der Waals surface area contributed by atoms with Crippen LogP contribution in [-0.4, -0.2) is 10.2 Å². The molecule has 0 aliphatic rings. The van der Waals surface area contributed by atoms with E-state index in [0.717, 1.165) is 16.8 Å². The van der Waals surface area contributed by atoms with Gasteiger partial charge in [0, 0.05) is 19.3 Å². The summed E-state index contributed by atoms with van der Waals surface area (Å²) in [6.07, 6.45) is 1.64. The van der Waals surface area contributed by atoms with Gasteiger partial charge in [0.1, 0.15) is 5.82 Å². The smallest absolute Gasteiger partial charge is 0.123 e. The fraction of sp³-hybridized carbons (Fsp3) is 0.231. The molecular weight excluding hydrogens is 217 g/mol. The Balaban J connectivity index is 1.92. The van der Waals surface area contributed by atoms with E-state index in [1.54, 1.807) is 18.3 Å². The van der Waals surface area contributed by atoms with Crippen molar-refractivity contribution in [1.82, 2.24) is 15.5 Å². The van der Waals surface area contributed by atoms with Crippen LogP contribution in [0.3, 0.4) is 0 Å². The number of aromatic nitrogens is 2. The molecule has 0 spiro atoms. The van der Waals surface area contributed by atoms with Crippen molar-refractivity contribution in [2.75, 3.05) is 0 Å². The molecule has 0 fully saturated rings. The minimum Gasteiger partial charge on any atom is -0.307 e. The summed E-state index contributed by atoms with van der Waals surface area (Å²) in [5, 5.41) is 11.0. The first-order valence-corrected chi connectivity index (χ1v) is 5.48. The Kier molecular flexibility index (Phi) is 3.77. The molecule has 2 aromatic rings. The highest BCUT2D eigenvalue weighted by molar-refractivity contribution is 5.26. The number of aryl methyl sites for hydroxylation is 1. The molecule has 2 rings (SSSR count). The molecule has 17 heavy (non-hydrogen) atoms. The Morgan fingerprint density at radius 2 is 2.12 bits per heavy atom. The molecular formula is C13H14FN3. The fourth-order valence-corrected chi connectivity index (χ4v) is 1.58. The molecule has 88 valence electrons. The molecule has 0 amide bonds. The van der Waals surface area contributed by atoms with Gasteiger partial charge in [0.25, 0.3) is 0 Å². The third-order valence-electron chi connectivity index (χ3n) is 2.56. The Bertz CT molecular complexity index is 485. The van der Waals surface area contributed by atoms with Crippen LogP contribution in [0, 0.1) is 12.7 Å². The molecule has 0 aliphatic heterocycles. The second-order valence-corrected chi connectivity index (χ2v) is 3.89. The summed E-state index contributed by atoms with van der Waals surface area (Å²) in [5.74, 6) is -0.202. The van der Waals surface area contributed by atoms with Gasteiger partial charge in [-0.3, -0.25) is 0 Å². The highest BCUT2D eigenvalue weighted by atomic mass is 19.1. The Labute approximate surface area is 99.7 Å². The summed E-state index contributed by atoms with van der Waals surface area (Å²) in [6.45, 7) is 3.22. The van der Waals surface area contributed by atoms with Gasteiger partial charge in [-0.25, -0.2) is 4.39 Å². The van der Waals surface area contributed by atoms with Crippen LogP contribution in [0.2, 0.25) is 0 Å². The number of hydrogen-bond donors (Lipinski definition) is 1. The van der Waals surface area contributed by atoms with Crippen molar-refractivity contribution in [3.05, 3.63) is 59.2 Å². The largest absolute Gasteiger partial charge is 0.307 e. The van der Waals surface area contributed by atoms with Gasteiger partial charge in [-0.1, -0.05) is 6.07 Å². The molecule has 1 N–H and O–H groups in total. The number of benzene rings is 1. The van der Waals surface area contributed by atoms with Crippen molar-refractivity contribution in [1.29, 1.82) is 0 Å². The maximum atomic E-state index is 13.0. The minimum absolute atomic E-state index is 0.202. The predicted molar refractivity (Wildman–Crippen MR) is 63.7 cm³/mol. The first-order chi connectivity index (χ1) is 8.25. The number of nitrogens with one attached hydrogen (secondary N) is 1. The lowest BCUT2D eigenvalue weighted by atomic mass is 10.1. The molecule has 0 saturated heterocycles. The van der Waals surface area contributed by atoms with Crippen molar-refractivity contribution in [2.45, 2.75) is 20.0 Å². The second-order valence-electron chi connectivity index (χ2n) is 3.89. The lowest BCUT2D eigenvalue weighted by Crippen LogP contribution is -2.14. The topological polar surface area (TPSA) is 37.8 Å². The zero-order chi connectivity index (χ0) is 12.1. The van der Waals surface area contributed by atoms with Crippen molar-refractivity contribution in [2.24, 2.45) is 0 Å². The van der Waals surface area contributed by atoms with Gasteiger partial charge in [0.15, 0.2) is 0 Å². The lowest BCUT2D eigenvalue weighted by molar-refractivity contribution is 0.617. The highest BCUT2D eigenvalue weighted by Gasteiger charge is 2.00. The summed E-state index contributed by atoms with van der Waals surface area (Å²) < 4.78 is 13.0. The van der Waals surface area contributed by atoms with Crippen molar-refractivity contribution in [3.8, 4) is 0 Å². The summed E-state index contributed by atoms with van der Waals surface area (Å²) in [5.41, 5.74) is 2.92. The van der Waals surface area contributed by atoms with E-state index >= 15 is 0 Å². The summed E-state index contributed by atoms with van der Waals surface area (Å²) in [6, 6.07) is 8.56. The van der Waals surface area contributed by atoms with Gasteiger partial charge in [-0.15, -0.1) is 0 Å².